The largest absolute Gasteiger partial charge is 0.378 e. The zero-order chi connectivity index (χ0) is 32.4. The molecule has 2 aromatic heterocycles. The molecule has 1 aliphatic rings. The zero-order valence-electron chi connectivity index (χ0n) is 27.0. The van der Waals surface area contributed by atoms with Crippen LogP contribution in [-0.4, -0.2) is 57.4 Å². The lowest BCUT2D eigenvalue weighted by Gasteiger charge is -2.29. The number of anilines is 3. The van der Waals surface area contributed by atoms with Crippen molar-refractivity contribution in [2.45, 2.75) is 46.0 Å². The molecule has 0 saturated carbocycles. The summed E-state index contributed by atoms with van der Waals surface area (Å²) in [5, 5.41) is 6.51. The summed E-state index contributed by atoms with van der Waals surface area (Å²) < 4.78 is 7.32. The minimum absolute atomic E-state index is 0.0164. The second-order valence-corrected chi connectivity index (χ2v) is 12.9. The van der Waals surface area contributed by atoms with Crippen LogP contribution in [0.3, 0.4) is 0 Å². The van der Waals surface area contributed by atoms with Gasteiger partial charge >= 0.3 is 0 Å². The van der Waals surface area contributed by atoms with Gasteiger partial charge < -0.3 is 24.7 Å². The highest BCUT2D eigenvalue weighted by Crippen LogP contribution is 2.29. The van der Waals surface area contributed by atoms with Crippen LogP contribution in [0.4, 0.5) is 17.2 Å². The summed E-state index contributed by atoms with van der Waals surface area (Å²) in [6.07, 6.45) is 5.54. The van der Waals surface area contributed by atoms with Crippen LogP contribution < -0.4 is 10.6 Å². The molecule has 1 aliphatic heterocycles. The van der Waals surface area contributed by atoms with Crippen molar-refractivity contribution in [3.05, 3.63) is 108 Å². The third kappa shape index (κ3) is 6.65. The molecule has 0 bridgehead atoms. The van der Waals surface area contributed by atoms with Gasteiger partial charge in [0, 0.05) is 54.2 Å². The molecule has 6 rings (SSSR count). The molecule has 0 spiro atoms. The summed E-state index contributed by atoms with van der Waals surface area (Å²) >= 11 is 0. The number of nitrogens with one attached hydrogen (secondary N) is 2. The normalized spacial score (nSPS) is 14.2. The van der Waals surface area contributed by atoms with Gasteiger partial charge in [0.15, 0.2) is 11.5 Å². The van der Waals surface area contributed by atoms with Crippen LogP contribution in [0.25, 0.3) is 16.9 Å². The van der Waals surface area contributed by atoms with Crippen molar-refractivity contribution in [3.8, 4) is 11.3 Å². The standard InChI is InChI=1S/C37H40N6O3/c1-24-6-7-28(22-31(24)41-35(44)27-8-12-29(13-9-27)37(3,4)5)32-23-43-17-16-38-34(43)33(40-32)39-30-14-10-26(11-15-30)25(2)36(45)42-18-20-46-21-19-42/h6-17,22-23,25H,18-21H2,1-5H3,(H,39,40)(H,41,44). The van der Waals surface area contributed by atoms with Crippen LogP contribution in [0.5, 0.6) is 0 Å². The van der Waals surface area contributed by atoms with Crippen LogP contribution in [0.2, 0.25) is 0 Å². The van der Waals surface area contributed by atoms with Gasteiger partial charge in [-0.25, -0.2) is 9.97 Å². The first-order valence-electron chi connectivity index (χ1n) is 15.7. The summed E-state index contributed by atoms with van der Waals surface area (Å²) in [7, 11) is 0. The monoisotopic (exact) mass is 616 g/mol. The molecular formula is C37H40N6O3. The molecule has 0 aliphatic carbocycles. The topological polar surface area (TPSA) is 101 Å². The Morgan fingerprint density at radius 3 is 2.37 bits per heavy atom. The van der Waals surface area contributed by atoms with E-state index in [-0.39, 0.29) is 23.1 Å². The number of imidazole rings is 1. The second-order valence-electron chi connectivity index (χ2n) is 12.9. The summed E-state index contributed by atoms with van der Waals surface area (Å²) in [6.45, 7) is 12.8. The fourth-order valence-electron chi connectivity index (χ4n) is 5.58. The SMILES string of the molecule is Cc1ccc(-c2cn3ccnc3c(Nc3ccc(C(C)C(=O)N4CCOCC4)cc3)n2)cc1NC(=O)c1ccc(C(C)(C)C)cc1. The molecule has 5 aromatic rings. The van der Waals surface area contributed by atoms with E-state index in [0.717, 1.165) is 33.8 Å². The van der Waals surface area contributed by atoms with Crippen molar-refractivity contribution in [3.63, 3.8) is 0 Å². The lowest BCUT2D eigenvalue weighted by Crippen LogP contribution is -2.42. The molecule has 236 valence electrons. The van der Waals surface area contributed by atoms with Crippen LogP contribution in [-0.2, 0) is 14.9 Å². The fourth-order valence-corrected chi connectivity index (χ4v) is 5.58. The first kappa shape index (κ1) is 31.0. The number of hydrogen-bond donors (Lipinski definition) is 2. The number of rotatable bonds is 7. The number of aryl methyl sites for hydroxylation is 1. The molecular weight excluding hydrogens is 576 g/mol. The van der Waals surface area contributed by atoms with Crippen molar-refractivity contribution >= 4 is 34.7 Å². The Balaban J connectivity index is 1.22. The Morgan fingerprint density at radius 1 is 0.957 bits per heavy atom. The highest BCUT2D eigenvalue weighted by atomic mass is 16.5. The second kappa shape index (κ2) is 12.8. The summed E-state index contributed by atoms with van der Waals surface area (Å²) in [4.78, 5) is 37.5. The lowest BCUT2D eigenvalue weighted by molar-refractivity contribution is -0.136. The molecule has 1 atom stereocenters. The maximum atomic E-state index is 13.2. The average Bonchev–Trinajstić information content (AvgIpc) is 3.55. The first-order valence-corrected chi connectivity index (χ1v) is 15.7. The highest BCUT2D eigenvalue weighted by molar-refractivity contribution is 6.05. The summed E-state index contributed by atoms with van der Waals surface area (Å²) in [5.41, 5.74) is 7.52. The number of amides is 2. The number of nitrogens with zero attached hydrogens (tertiary/aromatic N) is 4. The van der Waals surface area contributed by atoms with Crippen molar-refractivity contribution in [1.29, 1.82) is 0 Å². The zero-order valence-corrected chi connectivity index (χ0v) is 27.0. The van der Waals surface area contributed by atoms with Gasteiger partial charge in [-0.2, -0.15) is 0 Å². The molecule has 3 heterocycles. The lowest BCUT2D eigenvalue weighted by atomic mass is 9.86. The molecule has 0 radical (unpaired) electrons. The predicted octanol–water partition coefficient (Wildman–Crippen LogP) is 6.96. The molecule has 2 N–H and O–H groups in total. The van der Waals surface area contributed by atoms with Gasteiger partial charge in [0.1, 0.15) is 0 Å². The van der Waals surface area contributed by atoms with E-state index in [1.54, 1.807) is 6.20 Å². The highest BCUT2D eigenvalue weighted by Gasteiger charge is 2.24. The molecule has 46 heavy (non-hydrogen) atoms. The molecule has 9 heteroatoms. The fraction of sp³-hybridized carbons (Fsp3) is 0.297. The molecule has 2 amide bonds. The van der Waals surface area contributed by atoms with Gasteiger partial charge in [0.25, 0.3) is 5.91 Å². The molecule has 1 saturated heterocycles. The smallest absolute Gasteiger partial charge is 0.255 e. The molecule has 1 fully saturated rings. The quantitative estimate of drug-likeness (QED) is 0.205. The van der Waals surface area contributed by atoms with E-state index >= 15 is 0 Å². The number of hydrogen-bond acceptors (Lipinski definition) is 6. The number of benzene rings is 3. The number of aromatic nitrogens is 3. The van der Waals surface area contributed by atoms with Crippen molar-refractivity contribution in [2.75, 3.05) is 36.9 Å². The first-order chi connectivity index (χ1) is 22.1. The Kier molecular flexibility index (Phi) is 8.60. The van der Waals surface area contributed by atoms with Gasteiger partial charge in [-0.3, -0.25) is 9.59 Å². The van der Waals surface area contributed by atoms with E-state index in [2.05, 4.69) is 36.4 Å². The third-order valence-electron chi connectivity index (χ3n) is 8.54. The van der Waals surface area contributed by atoms with E-state index in [9.17, 15) is 9.59 Å². The number of ether oxygens (including phenoxy) is 1. The third-order valence-corrected chi connectivity index (χ3v) is 8.54. The van der Waals surface area contributed by atoms with Crippen molar-refractivity contribution in [1.82, 2.24) is 19.3 Å². The van der Waals surface area contributed by atoms with E-state index in [0.29, 0.717) is 43.3 Å². The number of fused-ring (bicyclic) bond motifs is 1. The average molecular weight is 617 g/mol. The number of carbonyl (C=O) groups excluding carboxylic acids is 2. The van der Waals surface area contributed by atoms with Gasteiger partial charge in [-0.05, 0) is 66.3 Å². The maximum Gasteiger partial charge on any atom is 0.255 e. The van der Waals surface area contributed by atoms with Gasteiger partial charge in [-0.1, -0.05) is 57.2 Å². The van der Waals surface area contributed by atoms with Gasteiger partial charge in [-0.15, -0.1) is 0 Å². The Hall–Kier alpha value is -5.02. The van der Waals surface area contributed by atoms with Crippen molar-refractivity contribution in [2.24, 2.45) is 0 Å². The van der Waals surface area contributed by atoms with Crippen LogP contribution in [0.1, 0.15) is 60.7 Å². The van der Waals surface area contributed by atoms with Crippen LogP contribution in [0.15, 0.2) is 85.3 Å². The van der Waals surface area contributed by atoms with Crippen LogP contribution >= 0.6 is 0 Å². The summed E-state index contributed by atoms with van der Waals surface area (Å²) in [5.74, 6) is 0.305. The Bertz CT molecular complexity index is 1870. The number of morpholine rings is 1. The summed E-state index contributed by atoms with van der Waals surface area (Å²) in [6, 6.07) is 21.6. The van der Waals surface area contributed by atoms with Gasteiger partial charge in [0.05, 0.1) is 24.8 Å². The van der Waals surface area contributed by atoms with Gasteiger partial charge in [0.2, 0.25) is 5.91 Å². The Morgan fingerprint density at radius 2 is 1.67 bits per heavy atom. The molecule has 1 unspecified atom stereocenters. The Labute approximate surface area is 269 Å². The van der Waals surface area contributed by atoms with E-state index in [1.165, 1.54) is 5.56 Å². The van der Waals surface area contributed by atoms with E-state index in [4.69, 9.17) is 9.72 Å². The van der Waals surface area contributed by atoms with E-state index in [1.807, 2.05) is 102 Å². The predicted molar refractivity (Wildman–Crippen MR) is 182 cm³/mol. The minimum Gasteiger partial charge on any atom is -0.378 e. The van der Waals surface area contributed by atoms with Crippen molar-refractivity contribution < 1.29 is 14.3 Å². The van der Waals surface area contributed by atoms with Crippen LogP contribution in [0, 0.1) is 6.92 Å². The molecule has 3 aromatic carbocycles. The maximum absolute atomic E-state index is 13.2. The molecule has 9 nitrogen and oxygen atoms in total. The number of carbonyl (C=O) groups is 2. The minimum atomic E-state index is -0.244. The van der Waals surface area contributed by atoms with E-state index < -0.39 is 0 Å².